The van der Waals surface area contributed by atoms with E-state index in [0.717, 1.165) is 0 Å². The zero-order chi connectivity index (χ0) is 13.9. The first-order valence-electron chi connectivity index (χ1n) is 6.73. The molecule has 19 heavy (non-hydrogen) atoms. The van der Waals surface area contributed by atoms with Crippen LogP contribution in [0, 0.1) is 5.92 Å². The molecule has 0 unspecified atom stereocenters. The van der Waals surface area contributed by atoms with E-state index < -0.39 is 0 Å². The molecule has 0 amide bonds. The van der Waals surface area contributed by atoms with Gasteiger partial charge < -0.3 is 0 Å². The van der Waals surface area contributed by atoms with Crippen LogP contribution < -0.4 is 0 Å². The number of hydrogen-bond acceptors (Lipinski definition) is 0. The van der Waals surface area contributed by atoms with Crippen LogP contribution in [0.1, 0.15) is 26.3 Å². The van der Waals surface area contributed by atoms with Crippen molar-refractivity contribution in [3.05, 3.63) is 95.6 Å². The Labute approximate surface area is 117 Å². The van der Waals surface area contributed by atoms with Crippen molar-refractivity contribution in [2.75, 3.05) is 0 Å². The molecule has 0 spiro atoms. The fraction of sp³-hybridized carbons (Fsp3) is 0.158. The van der Waals surface area contributed by atoms with Gasteiger partial charge in [0, 0.05) is 5.92 Å². The maximum atomic E-state index is 2.96. The van der Waals surface area contributed by atoms with E-state index in [1.165, 1.54) is 17.1 Å². The molecular weight excluding hydrogens is 228 g/mol. The summed E-state index contributed by atoms with van der Waals surface area (Å²) in [5.74, 6) is 1.37. The van der Waals surface area contributed by atoms with Crippen LogP contribution in [0.5, 0.6) is 0 Å². The van der Waals surface area contributed by atoms with Gasteiger partial charge in [0.25, 0.3) is 0 Å². The van der Waals surface area contributed by atoms with E-state index in [9.17, 15) is 0 Å². The fourth-order valence-corrected chi connectivity index (χ4v) is 1.41. The summed E-state index contributed by atoms with van der Waals surface area (Å²) in [6.07, 6.45) is 14.1. The molecule has 0 aromatic heterocycles. The fourth-order valence-electron chi connectivity index (χ4n) is 1.41. The molecule has 0 N–H and O–H groups in total. The van der Waals surface area contributed by atoms with Crippen molar-refractivity contribution in [1.82, 2.24) is 0 Å². The highest BCUT2D eigenvalue weighted by Gasteiger charge is 2.12. The standard InChI is InChI=1S/C9H7.C8H8.C2H6/c1-2-4-8(5-3-1)9-6-7-9;1-8-6-4-2-3-5-7-8;1-2/h1-7H;2,4-7H,1H3;1-2H3. The van der Waals surface area contributed by atoms with Crippen LogP contribution in [-0.2, 0) is 0 Å². The quantitative estimate of drug-likeness (QED) is 0.583. The van der Waals surface area contributed by atoms with Gasteiger partial charge in [-0.25, -0.2) is 0 Å². The van der Waals surface area contributed by atoms with Gasteiger partial charge in [0.2, 0.25) is 0 Å². The molecule has 2 aliphatic rings. The Morgan fingerprint density at radius 3 is 2.16 bits per heavy atom. The van der Waals surface area contributed by atoms with Crippen LogP contribution in [-0.4, -0.2) is 0 Å². The van der Waals surface area contributed by atoms with Crippen LogP contribution in [0.25, 0.3) is 0 Å². The van der Waals surface area contributed by atoms with Gasteiger partial charge in [0.05, 0.1) is 0 Å². The summed E-state index contributed by atoms with van der Waals surface area (Å²) in [6, 6.07) is 10.4. The van der Waals surface area contributed by atoms with Crippen molar-refractivity contribution in [2.45, 2.75) is 20.8 Å². The maximum absolute atomic E-state index is 2.96. The summed E-state index contributed by atoms with van der Waals surface area (Å²) in [5.41, 5.74) is 5.57. The Balaban J connectivity index is 0.000000170. The van der Waals surface area contributed by atoms with E-state index in [4.69, 9.17) is 0 Å². The van der Waals surface area contributed by atoms with E-state index in [-0.39, 0.29) is 0 Å². The zero-order valence-corrected chi connectivity index (χ0v) is 11.9. The van der Waals surface area contributed by atoms with Gasteiger partial charge in [-0.2, -0.15) is 0 Å². The monoisotopic (exact) mass is 249 g/mol. The molecule has 3 rings (SSSR count). The van der Waals surface area contributed by atoms with Crippen molar-refractivity contribution in [2.24, 2.45) is 0 Å². The highest BCUT2D eigenvalue weighted by atomic mass is 14.2. The van der Waals surface area contributed by atoms with Gasteiger partial charge in [-0.15, -0.1) is 5.73 Å². The highest BCUT2D eigenvalue weighted by molar-refractivity contribution is 5.54. The Hall–Kier alpha value is -2.04. The lowest BCUT2D eigenvalue weighted by Crippen LogP contribution is -1.76. The average molecular weight is 249 g/mol. The molecule has 1 aromatic rings. The molecule has 1 aromatic carbocycles. The Bertz CT molecular complexity index is 500. The van der Waals surface area contributed by atoms with Crippen LogP contribution in [0.15, 0.2) is 84.2 Å². The highest BCUT2D eigenvalue weighted by Crippen LogP contribution is 2.27. The van der Waals surface area contributed by atoms with Gasteiger partial charge in [0.1, 0.15) is 0 Å². The zero-order valence-electron chi connectivity index (χ0n) is 11.9. The average Bonchev–Trinajstić information content (AvgIpc) is 3.31. The molecule has 1 radical (unpaired) electrons. The first-order valence-corrected chi connectivity index (χ1v) is 6.73. The van der Waals surface area contributed by atoms with E-state index in [0.29, 0.717) is 0 Å². The van der Waals surface area contributed by atoms with Crippen molar-refractivity contribution in [3.63, 3.8) is 0 Å². The van der Waals surface area contributed by atoms with Gasteiger partial charge in [-0.1, -0.05) is 80.1 Å². The molecule has 97 valence electrons. The van der Waals surface area contributed by atoms with Crippen molar-refractivity contribution >= 4 is 0 Å². The first kappa shape index (κ1) is 15.0. The van der Waals surface area contributed by atoms with Crippen LogP contribution in [0.4, 0.5) is 0 Å². The molecule has 0 aliphatic heterocycles. The summed E-state index contributed by atoms with van der Waals surface area (Å²) in [5, 5.41) is 0. The lowest BCUT2D eigenvalue weighted by Gasteiger charge is -1.92. The molecule has 0 nitrogen and oxygen atoms in total. The molecule has 0 heteroatoms. The minimum absolute atomic E-state index is 1.27. The molecule has 0 bridgehead atoms. The second-order valence-electron chi connectivity index (χ2n) is 3.92. The lowest BCUT2D eigenvalue weighted by molar-refractivity contribution is 1.49. The first-order chi connectivity index (χ1) is 9.36. The van der Waals surface area contributed by atoms with E-state index in [2.05, 4.69) is 55.1 Å². The Morgan fingerprint density at radius 1 is 0.842 bits per heavy atom. The summed E-state index contributed by atoms with van der Waals surface area (Å²) in [4.78, 5) is 0. The Morgan fingerprint density at radius 2 is 1.53 bits per heavy atom. The molecule has 0 saturated heterocycles. The third-order valence-electron chi connectivity index (χ3n) is 2.43. The summed E-state index contributed by atoms with van der Waals surface area (Å²) in [6.45, 7) is 6.06. The summed E-state index contributed by atoms with van der Waals surface area (Å²) >= 11 is 0. The SMILES string of the molecule is C1=C[C]1c1ccccc1.CC.CC1=CC=C=CC=C1. The number of hydrogen-bond donors (Lipinski definition) is 0. The summed E-state index contributed by atoms with van der Waals surface area (Å²) in [7, 11) is 0. The van der Waals surface area contributed by atoms with E-state index >= 15 is 0 Å². The molecule has 2 aliphatic carbocycles. The minimum atomic E-state index is 1.27. The van der Waals surface area contributed by atoms with Crippen molar-refractivity contribution in [1.29, 1.82) is 0 Å². The number of benzene rings is 1. The van der Waals surface area contributed by atoms with Crippen LogP contribution in [0.2, 0.25) is 0 Å². The normalized spacial score (nSPS) is 14.6. The molecule has 0 heterocycles. The van der Waals surface area contributed by atoms with Crippen molar-refractivity contribution in [3.8, 4) is 0 Å². The van der Waals surface area contributed by atoms with Crippen LogP contribution in [0.3, 0.4) is 0 Å². The number of rotatable bonds is 1. The largest absolute Gasteiger partial charge is 0.121 e. The van der Waals surface area contributed by atoms with Crippen LogP contribution >= 0.6 is 0 Å². The van der Waals surface area contributed by atoms with Gasteiger partial charge in [0.15, 0.2) is 0 Å². The maximum Gasteiger partial charge on any atom is 0.0479 e. The Kier molecular flexibility index (Phi) is 7.09. The van der Waals surface area contributed by atoms with Gasteiger partial charge in [-0.3, -0.25) is 0 Å². The minimum Gasteiger partial charge on any atom is -0.121 e. The number of allylic oxidation sites excluding steroid dienone is 7. The van der Waals surface area contributed by atoms with Crippen molar-refractivity contribution < 1.29 is 0 Å². The molecular formula is C19H21. The predicted octanol–water partition coefficient (Wildman–Crippen LogP) is 5.42. The van der Waals surface area contributed by atoms with E-state index in [1.807, 2.05) is 44.2 Å². The van der Waals surface area contributed by atoms with E-state index in [1.54, 1.807) is 0 Å². The smallest absolute Gasteiger partial charge is 0.0479 e. The van der Waals surface area contributed by atoms with Gasteiger partial charge >= 0.3 is 0 Å². The second-order valence-corrected chi connectivity index (χ2v) is 3.92. The molecule has 0 saturated carbocycles. The predicted molar refractivity (Wildman–Crippen MR) is 84.8 cm³/mol. The van der Waals surface area contributed by atoms with Gasteiger partial charge in [-0.05, 0) is 24.6 Å². The third kappa shape index (κ3) is 6.45. The third-order valence-corrected chi connectivity index (χ3v) is 2.43. The second kappa shape index (κ2) is 8.97. The topological polar surface area (TPSA) is 0 Å². The molecule has 0 atom stereocenters. The summed E-state index contributed by atoms with van der Waals surface area (Å²) < 4.78 is 0. The molecule has 0 fully saturated rings. The lowest BCUT2D eigenvalue weighted by atomic mass is 10.1.